The third-order valence-electron chi connectivity index (χ3n) is 1.60. The highest BCUT2D eigenvalue weighted by atomic mass is 16.3. The third-order valence-corrected chi connectivity index (χ3v) is 1.60. The Hall–Kier alpha value is -1.71. The number of carbonyl (C=O) groups is 3. The van der Waals surface area contributed by atoms with Crippen LogP contribution in [0.4, 0.5) is 0 Å². The maximum absolute atomic E-state index is 11.1. The fourth-order valence-corrected chi connectivity index (χ4v) is 0.701. The normalized spacial score (nSPS) is 13.7. The van der Waals surface area contributed by atoms with Gasteiger partial charge in [0.2, 0.25) is 5.91 Å². The molecule has 0 heterocycles. The SMILES string of the molecule is NC(=O)C[C@H](N)C(=O)NNC(=O)[C@@H](N)CO. The van der Waals surface area contributed by atoms with E-state index in [1.165, 1.54) is 0 Å². The zero-order chi connectivity index (χ0) is 12.7. The maximum Gasteiger partial charge on any atom is 0.257 e. The summed E-state index contributed by atoms with van der Waals surface area (Å²) >= 11 is 0. The molecule has 9 heteroatoms. The summed E-state index contributed by atoms with van der Waals surface area (Å²) in [4.78, 5) is 32.5. The van der Waals surface area contributed by atoms with Crippen LogP contribution in [0, 0.1) is 0 Å². The third kappa shape index (κ3) is 5.24. The van der Waals surface area contributed by atoms with Crippen molar-refractivity contribution in [1.82, 2.24) is 10.9 Å². The fraction of sp³-hybridized carbons (Fsp3) is 0.571. The first-order chi connectivity index (χ1) is 7.38. The van der Waals surface area contributed by atoms with Gasteiger partial charge in [0.25, 0.3) is 11.8 Å². The predicted octanol–water partition coefficient (Wildman–Crippen LogP) is -4.34. The lowest BCUT2D eigenvalue weighted by Crippen LogP contribution is -2.54. The van der Waals surface area contributed by atoms with Gasteiger partial charge in [-0.3, -0.25) is 25.2 Å². The average Bonchev–Trinajstić information content (AvgIpc) is 2.23. The van der Waals surface area contributed by atoms with Crippen molar-refractivity contribution in [2.75, 3.05) is 6.61 Å². The molecular weight excluding hydrogens is 218 g/mol. The van der Waals surface area contributed by atoms with E-state index in [-0.39, 0.29) is 6.42 Å². The number of hydrogen-bond donors (Lipinski definition) is 6. The summed E-state index contributed by atoms with van der Waals surface area (Å²) in [6.45, 7) is -0.560. The van der Waals surface area contributed by atoms with Gasteiger partial charge in [-0.15, -0.1) is 0 Å². The van der Waals surface area contributed by atoms with Crippen molar-refractivity contribution in [2.45, 2.75) is 18.5 Å². The summed E-state index contributed by atoms with van der Waals surface area (Å²) in [5.74, 6) is -2.29. The van der Waals surface area contributed by atoms with Crippen LogP contribution < -0.4 is 28.1 Å². The van der Waals surface area contributed by atoms with E-state index in [1.54, 1.807) is 0 Å². The zero-order valence-corrected chi connectivity index (χ0v) is 8.47. The van der Waals surface area contributed by atoms with E-state index in [2.05, 4.69) is 0 Å². The van der Waals surface area contributed by atoms with Gasteiger partial charge >= 0.3 is 0 Å². The van der Waals surface area contributed by atoms with Gasteiger partial charge in [0, 0.05) is 0 Å². The number of aliphatic hydroxyl groups is 1. The van der Waals surface area contributed by atoms with Crippen LogP contribution in [0.2, 0.25) is 0 Å². The van der Waals surface area contributed by atoms with Gasteiger partial charge in [-0.25, -0.2) is 0 Å². The molecule has 0 aliphatic heterocycles. The van der Waals surface area contributed by atoms with E-state index in [0.717, 1.165) is 0 Å². The fourth-order valence-electron chi connectivity index (χ4n) is 0.701. The molecule has 0 aliphatic rings. The van der Waals surface area contributed by atoms with Crippen LogP contribution in [-0.4, -0.2) is 41.5 Å². The summed E-state index contributed by atoms with van der Waals surface area (Å²) in [6.07, 6.45) is -0.340. The van der Waals surface area contributed by atoms with Crippen LogP contribution in [0.1, 0.15) is 6.42 Å². The highest BCUT2D eigenvalue weighted by molar-refractivity contribution is 5.90. The van der Waals surface area contributed by atoms with Gasteiger partial charge in [0.15, 0.2) is 0 Å². The van der Waals surface area contributed by atoms with E-state index in [4.69, 9.17) is 22.3 Å². The molecule has 0 aromatic heterocycles. The number of primary amides is 1. The molecule has 9 nitrogen and oxygen atoms in total. The average molecular weight is 233 g/mol. The van der Waals surface area contributed by atoms with E-state index in [1.807, 2.05) is 10.9 Å². The van der Waals surface area contributed by atoms with Crippen molar-refractivity contribution in [3.63, 3.8) is 0 Å². The van der Waals surface area contributed by atoms with E-state index >= 15 is 0 Å². The van der Waals surface area contributed by atoms with Crippen LogP contribution in [0.25, 0.3) is 0 Å². The van der Waals surface area contributed by atoms with Crippen molar-refractivity contribution in [1.29, 1.82) is 0 Å². The second kappa shape index (κ2) is 6.71. The molecule has 0 bridgehead atoms. The second-order valence-corrected chi connectivity index (χ2v) is 3.04. The topological polar surface area (TPSA) is 174 Å². The smallest absolute Gasteiger partial charge is 0.257 e. The van der Waals surface area contributed by atoms with Crippen LogP contribution >= 0.6 is 0 Å². The molecule has 0 spiro atoms. The molecular formula is C7H15N5O4. The molecule has 0 saturated heterocycles. The minimum absolute atomic E-state index is 0.340. The number of nitrogens with two attached hydrogens (primary N) is 3. The highest BCUT2D eigenvalue weighted by Crippen LogP contribution is 1.85. The minimum atomic E-state index is -1.15. The second-order valence-electron chi connectivity index (χ2n) is 3.04. The van der Waals surface area contributed by atoms with Crippen molar-refractivity contribution in [3.05, 3.63) is 0 Å². The van der Waals surface area contributed by atoms with Crippen molar-refractivity contribution < 1.29 is 19.5 Å². The number of hydrogen-bond acceptors (Lipinski definition) is 6. The van der Waals surface area contributed by atoms with Crippen LogP contribution in [-0.2, 0) is 14.4 Å². The Kier molecular flexibility index (Phi) is 6.00. The number of nitrogens with one attached hydrogen (secondary N) is 2. The quantitative estimate of drug-likeness (QED) is 0.262. The molecule has 9 N–H and O–H groups in total. The molecule has 0 saturated carbocycles. The van der Waals surface area contributed by atoms with Gasteiger partial charge in [-0.05, 0) is 0 Å². The van der Waals surface area contributed by atoms with Crippen molar-refractivity contribution >= 4 is 17.7 Å². The molecule has 0 aliphatic carbocycles. The van der Waals surface area contributed by atoms with Crippen molar-refractivity contribution in [2.24, 2.45) is 17.2 Å². The molecule has 0 unspecified atom stereocenters. The molecule has 0 aromatic carbocycles. The number of amides is 3. The molecule has 2 atom stereocenters. The zero-order valence-electron chi connectivity index (χ0n) is 8.47. The predicted molar refractivity (Wildman–Crippen MR) is 53.1 cm³/mol. The van der Waals surface area contributed by atoms with E-state index in [0.29, 0.717) is 0 Å². The first kappa shape index (κ1) is 14.3. The summed E-state index contributed by atoms with van der Waals surface area (Å²) in [7, 11) is 0. The number of carbonyl (C=O) groups excluding carboxylic acids is 3. The van der Waals surface area contributed by atoms with Crippen LogP contribution in [0.15, 0.2) is 0 Å². The molecule has 92 valence electrons. The standard InChI is InChI=1S/C7H15N5O4/c8-3(1-5(10)14)6(15)11-12-7(16)4(9)2-13/h3-4,13H,1-2,8-9H2,(H2,10,14)(H,11,15)(H,12,16)/t3-,4-/m0/s1. The molecule has 0 rings (SSSR count). The molecule has 0 aromatic rings. The monoisotopic (exact) mass is 233 g/mol. The number of hydrazine groups is 1. The lowest BCUT2D eigenvalue weighted by Gasteiger charge is -2.13. The number of aliphatic hydroxyl groups excluding tert-OH is 1. The lowest BCUT2D eigenvalue weighted by atomic mass is 10.2. The molecule has 0 radical (unpaired) electrons. The Morgan fingerprint density at radius 1 is 1.06 bits per heavy atom. The van der Waals surface area contributed by atoms with Gasteiger partial charge in [0.1, 0.15) is 6.04 Å². The van der Waals surface area contributed by atoms with E-state index in [9.17, 15) is 14.4 Å². The molecule has 0 fully saturated rings. The van der Waals surface area contributed by atoms with E-state index < -0.39 is 36.4 Å². The van der Waals surface area contributed by atoms with Gasteiger partial charge in [-0.2, -0.15) is 0 Å². The Bertz CT molecular complexity index is 282. The summed E-state index contributed by atoms with van der Waals surface area (Å²) in [5.41, 5.74) is 19.1. The Labute approximate surface area is 91.3 Å². The van der Waals surface area contributed by atoms with Crippen molar-refractivity contribution in [3.8, 4) is 0 Å². The van der Waals surface area contributed by atoms with Gasteiger partial charge in [0.05, 0.1) is 19.1 Å². The Balaban J connectivity index is 3.97. The van der Waals surface area contributed by atoms with Crippen LogP contribution in [0.3, 0.4) is 0 Å². The number of rotatable bonds is 5. The first-order valence-electron chi connectivity index (χ1n) is 4.38. The molecule has 3 amide bonds. The van der Waals surface area contributed by atoms with Gasteiger partial charge in [-0.1, -0.05) is 0 Å². The highest BCUT2D eigenvalue weighted by Gasteiger charge is 2.18. The minimum Gasteiger partial charge on any atom is -0.394 e. The Morgan fingerprint density at radius 2 is 1.50 bits per heavy atom. The van der Waals surface area contributed by atoms with Crippen LogP contribution in [0.5, 0.6) is 0 Å². The summed E-state index contributed by atoms with van der Waals surface area (Å²) < 4.78 is 0. The summed E-state index contributed by atoms with van der Waals surface area (Å²) in [5, 5.41) is 8.51. The molecule has 16 heavy (non-hydrogen) atoms. The van der Waals surface area contributed by atoms with Gasteiger partial charge < -0.3 is 22.3 Å². The Morgan fingerprint density at radius 3 is 1.88 bits per heavy atom. The summed E-state index contributed by atoms with van der Waals surface area (Å²) in [6, 6.07) is -2.30. The maximum atomic E-state index is 11.1. The first-order valence-corrected chi connectivity index (χ1v) is 4.38. The lowest BCUT2D eigenvalue weighted by molar-refractivity contribution is -0.131. The largest absolute Gasteiger partial charge is 0.394 e.